The molecule has 0 unspecified atom stereocenters. The Bertz CT molecular complexity index is 1100. The summed E-state index contributed by atoms with van der Waals surface area (Å²) in [7, 11) is 1.50. The van der Waals surface area contributed by atoms with E-state index in [1.54, 1.807) is 30.3 Å². The third-order valence-electron chi connectivity index (χ3n) is 4.47. The monoisotopic (exact) mass is 532 g/mol. The molecule has 2 aromatic rings. The van der Waals surface area contributed by atoms with Gasteiger partial charge in [-0.15, -0.1) is 0 Å². The molecule has 0 saturated carbocycles. The van der Waals surface area contributed by atoms with Crippen molar-refractivity contribution in [2.24, 2.45) is 0 Å². The van der Waals surface area contributed by atoms with Crippen molar-refractivity contribution in [3.05, 3.63) is 68.8 Å². The number of amides is 4. The molecule has 7 nitrogen and oxygen atoms in total. The van der Waals surface area contributed by atoms with Crippen molar-refractivity contribution in [2.75, 3.05) is 18.6 Å². The molecule has 1 aliphatic heterocycles. The lowest BCUT2D eigenvalue weighted by atomic mass is 10.0. The van der Waals surface area contributed by atoms with Crippen LogP contribution in [-0.4, -0.2) is 31.6 Å². The van der Waals surface area contributed by atoms with Crippen molar-refractivity contribution < 1.29 is 23.9 Å². The Balaban J connectivity index is 2.04. The molecule has 1 saturated heterocycles. The zero-order valence-corrected chi connectivity index (χ0v) is 19.5. The van der Waals surface area contributed by atoms with Gasteiger partial charge in [0.1, 0.15) is 12.2 Å². The molecule has 160 valence electrons. The lowest BCUT2D eigenvalue weighted by Gasteiger charge is -2.27. The highest BCUT2D eigenvalue weighted by atomic mass is 127. The summed E-state index contributed by atoms with van der Waals surface area (Å²) in [6.07, 6.45) is 3.05. The second kappa shape index (κ2) is 9.34. The average Bonchev–Trinajstić information content (AvgIpc) is 2.69. The van der Waals surface area contributed by atoms with Gasteiger partial charge in [-0.25, -0.2) is 9.69 Å². The standard InChI is InChI=1S/C23H21IN2O5/c1-5-6-31-20-18(24)11-15(12-19(20)30-4)10-17-21(27)25-23(29)26(22(17)28)16-8-13(2)7-14(3)9-16/h5,7-12H,1,6H2,2-4H3,(H,25,27,29)/b17-10-. The highest BCUT2D eigenvalue weighted by molar-refractivity contribution is 14.1. The molecular formula is C23H21IN2O5. The fraction of sp³-hybridized carbons (Fsp3) is 0.174. The van der Waals surface area contributed by atoms with Gasteiger partial charge >= 0.3 is 6.03 Å². The number of nitrogens with one attached hydrogen (secondary N) is 1. The van der Waals surface area contributed by atoms with Gasteiger partial charge in [0.25, 0.3) is 11.8 Å². The van der Waals surface area contributed by atoms with E-state index in [0.717, 1.165) is 19.6 Å². The lowest BCUT2D eigenvalue weighted by molar-refractivity contribution is -0.122. The van der Waals surface area contributed by atoms with Crippen molar-refractivity contribution in [1.29, 1.82) is 0 Å². The third kappa shape index (κ3) is 4.79. The van der Waals surface area contributed by atoms with E-state index in [9.17, 15) is 14.4 Å². The van der Waals surface area contributed by atoms with Crippen molar-refractivity contribution >= 4 is 52.2 Å². The fourth-order valence-corrected chi connectivity index (χ4v) is 4.02. The number of ether oxygens (including phenoxy) is 2. The van der Waals surface area contributed by atoms with Gasteiger partial charge in [0.15, 0.2) is 11.5 Å². The van der Waals surface area contributed by atoms with Gasteiger partial charge in [0, 0.05) is 0 Å². The molecule has 0 atom stereocenters. The Hall–Kier alpha value is -3.14. The first-order chi connectivity index (χ1) is 14.7. The van der Waals surface area contributed by atoms with Crippen LogP contribution in [0.2, 0.25) is 0 Å². The molecule has 0 aliphatic carbocycles. The molecule has 2 aromatic carbocycles. The van der Waals surface area contributed by atoms with E-state index in [4.69, 9.17) is 9.47 Å². The lowest BCUT2D eigenvalue weighted by Crippen LogP contribution is -2.54. The molecule has 8 heteroatoms. The normalized spacial score (nSPS) is 15.2. The Morgan fingerprint density at radius 3 is 2.39 bits per heavy atom. The quantitative estimate of drug-likeness (QED) is 0.262. The Morgan fingerprint density at radius 1 is 1.10 bits per heavy atom. The topological polar surface area (TPSA) is 84.9 Å². The van der Waals surface area contributed by atoms with Crippen LogP contribution >= 0.6 is 22.6 Å². The molecule has 1 fully saturated rings. The number of hydrogen-bond donors (Lipinski definition) is 1. The summed E-state index contributed by atoms with van der Waals surface area (Å²) in [6, 6.07) is 8.00. The molecule has 3 rings (SSSR count). The number of halogens is 1. The molecular weight excluding hydrogens is 511 g/mol. The first kappa shape index (κ1) is 22.5. The van der Waals surface area contributed by atoms with Gasteiger partial charge < -0.3 is 9.47 Å². The van der Waals surface area contributed by atoms with Crippen LogP contribution in [0.1, 0.15) is 16.7 Å². The van der Waals surface area contributed by atoms with E-state index in [1.807, 2.05) is 19.9 Å². The van der Waals surface area contributed by atoms with Gasteiger partial charge in [0.05, 0.1) is 16.4 Å². The zero-order valence-electron chi connectivity index (χ0n) is 17.3. The number of barbiturate groups is 1. The SMILES string of the molecule is C=CCOc1c(I)cc(/C=C2/C(=O)NC(=O)N(c3cc(C)cc(C)c3)C2=O)cc1OC. The van der Waals surface area contributed by atoms with Gasteiger partial charge in [-0.2, -0.15) is 0 Å². The maximum absolute atomic E-state index is 13.1. The largest absolute Gasteiger partial charge is 0.493 e. The fourth-order valence-electron chi connectivity index (χ4n) is 3.24. The molecule has 0 aromatic heterocycles. The minimum absolute atomic E-state index is 0.156. The van der Waals surface area contributed by atoms with Crippen LogP contribution in [0.3, 0.4) is 0 Å². The van der Waals surface area contributed by atoms with Gasteiger partial charge in [-0.3, -0.25) is 14.9 Å². The van der Waals surface area contributed by atoms with Crippen molar-refractivity contribution in [1.82, 2.24) is 5.32 Å². The first-order valence-electron chi connectivity index (χ1n) is 9.36. The van der Waals surface area contributed by atoms with Crippen molar-refractivity contribution in [2.45, 2.75) is 13.8 Å². The number of rotatable bonds is 6. The van der Waals surface area contributed by atoms with E-state index in [1.165, 1.54) is 13.2 Å². The molecule has 1 heterocycles. The minimum atomic E-state index is -0.780. The van der Waals surface area contributed by atoms with Gasteiger partial charge in [-0.1, -0.05) is 18.7 Å². The number of carbonyl (C=O) groups is 3. The summed E-state index contributed by atoms with van der Waals surface area (Å²) in [4.78, 5) is 39.0. The van der Waals surface area contributed by atoms with Crippen LogP contribution < -0.4 is 19.7 Å². The zero-order chi connectivity index (χ0) is 22.7. The van der Waals surface area contributed by atoms with Crippen LogP contribution in [0, 0.1) is 17.4 Å². The average molecular weight is 532 g/mol. The number of carbonyl (C=O) groups excluding carboxylic acids is 3. The minimum Gasteiger partial charge on any atom is -0.493 e. The molecule has 1 aliphatic rings. The number of methoxy groups -OCH3 is 1. The van der Waals surface area contributed by atoms with Gasteiger partial charge in [0.2, 0.25) is 0 Å². The van der Waals surface area contributed by atoms with Crippen LogP contribution in [-0.2, 0) is 9.59 Å². The van der Waals surface area contributed by atoms with E-state index in [2.05, 4.69) is 34.5 Å². The number of imide groups is 2. The highest BCUT2D eigenvalue weighted by Crippen LogP contribution is 2.35. The summed E-state index contributed by atoms with van der Waals surface area (Å²) < 4.78 is 11.8. The molecule has 1 N–H and O–H groups in total. The van der Waals surface area contributed by atoms with Crippen LogP contribution in [0.25, 0.3) is 6.08 Å². The Labute approximate surface area is 193 Å². The smallest absolute Gasteiger partial charge is 0.335 e. The Kier molecular flexibility index (Phi) is 6.79. The molecule has 0 radical (unpaired) electrons. The van der Waals surface area contributed by atoms with Crippen LogP contribution in [0.4, 0.5) is 10.5 Å². The van der Waals surface area contributed by atoms with Gasteiger partial charge in [-0.05, 0) is 83.5 Å². The number of urea groups is 1. The van der Waals surface area contributed by atoms with E-state index in [-0.39, 0.29) is 5.57 Å². The maximum atomic E-state index is 13.1. The Morgan fingerprint density at radius 2 is 1.77 bits per heavy atom. The van der Waals surface area contributed by atoms with Crippen LogP contribution in [0.5, 0.6) is 11.5 Å². The predicted molar refractivity (Wildman–Crippen MR) is 126 cm³/mol. The van der Waals surface area contributed by atoms with E-state index in [0.29, 0.717) is 29.4 Å². The summed E-state index contributed by atoms with van der Waals surface area (Å²) in [5.41, 5.74) is 2.59. The second-order valence-corrected chi connectivity index (χ2v) is 8.10. The van der Waals surface area contributed by atoms with Crippen molar-refractivity contribution in [3.8, 4) is 11.5 Å². The summed E-state index contributed by atoms with van der Waals surface area (Å²) in [5, 5.41) is 2.24. The van der Waals surface area contributed by atoms with Crippen LogP contribution in [0.15, 0.2) is 48.6 Å². The molecule has 0 spiro atoms. The molecule has 4 amide bonds. The first-order valence-corrected chi connectivity index (χ1v) is 10.4. The third-order valence-corrected chi connectivity index (χ3v) is 5.28. The molecule has 0 bridgehead atoms. The summed E-state index contributed by atoms with van der Waals surface area (Å²) in [6.45, 7) is 7.68. The number of benzene rings is 2. The second-order valence-electron chi connectivity index (χ2n) is 6.94. The number of anilines is 1. The number of hydrogen-bond acceptors (Lipinski definition) is 5. The number of nitrogens with zero attached hydrogens (tertiary/aromatic N) is 1. The van der Waals surface area contributed by atoms with E-state index < -0.39 is 17.8 Å². The maximum Gasteiger partial charge on any atom is 0.335 e. The predicted octanol–water partition coefficient (Wildman–Crippen LogP) is 4.15. The molecule has 31 heavy (non-hydrogen) atoms. The van der Waals surface area contributed by atoms with E-state index >= 15 is 0 Å². The summed E-state index contributed by atoms with van der Waals surface area (Å²) >= 11 is 2.08. The van der Waals surface area contributed by atoms with Crippen molar-refractivity contribution in [3.63, 3.8) is 0 Å². The summed E-state index contributed by atoms with van der Waals surface area (Å²) in [5.74, 6) is -0.459. The number of aryl methyl sites for hydroxylation is 2. The highest BCUT2D eigenvalue weighted by Gasteiger charge is 2.37.